The summed E-state index contributed by atoms with van der Waals surface area (Å²) in [6, 6.07) is 13.3. The lowest BCUT2D eigenvalue weighted by molar-refractivity contribution is -0.383. The molecule has 0 aliphatic rings. The standard InChI is InChI=1S/C18H17ClN6O3S/c1-24-16(10-20-13-6-4-5-12(19)9-13)22-23-18(24)29-11-17(26)21-14-7-2-3-8-15(14)25(27)28/h2-9,20H,10-11H2,1H3,(H,21,26). The number of rotatable bonds is 8. The van der Waals surface area contributed by atoms with Gasteiger partial charge in [-0.15, -0.1) is 10.2 Å². The second-order valence-electron chi connectivity index (χ2n) is 5.93. The first kappa shape index (κ1) is 20.6. The molecule has 1 amide bonds. The van der Waals surface area contributed by atoms with Crippen LogP contribution in [0.3, 0.4) is 0 Å². The highest BCUT2D eigenvalue weighted by Gasteiger charge is 2.16. The van der Waals surface area contributed by atoms with Crippen LogP contribution >= 0.6 is 23.4 Å². The quantitative estimate of drug-likeness (QED) is 0.316. The van der Waals surface area contributed by atoms with Crippen LogP contribution in [0.5, 0.6) is 0 Å². The molecule has 0 saturated carbocycles. The molecule has 3 rings (SSSR count). The number of para-hydroxylation sites is 2. The molecular weight excluding hydrogens is 416 g/mol. The van der Waals surface area contributed by atoms with Crippen molar-refractivity contribution in [1.29, 1.82) is 0 Å². The highest BCUT2D eigenvalue weighted by atomic mass is 35.5. The number of carbonyl (C=O) groups excluding carboxylic acids is 1. The molecule has 0 aliphatic heterocycles. The maximum Gasteiger partial charge on any atom is 0.292 e. The summed E-state index contributed by atoms with van der Waals surface area (Å²) in [5.74, 6) is 0.359. The first-order chi connectivity index (χ1) is 13.9. The van der Waals surface area contributed by atoms with Gasteiger partial charge in [0.1, 0.15) is 5.69 Å². The maximum absolute atomic E-state index is 12.2. The zero-order valence-electron chi connectivity index (χ0n) is 15.3. The lowest BCUT2D eigenvalue weighted by atomic mass is 10.2. The van der Waals surface area contributed by atoms with E-state index in [1.807, 2.05) is 12.1 Å². The number of hydrogen-bond donors (Lipinski definition) is 2. The Hall–Kier alpha value is -3.11. The number of amides is 1. The monoisotopic (exact) mass is 432 g/mol. The number of nitro benzene ring substituents is 1. The Kier molecular flexibility index (Phi) is 6.68. The number of aromatic nitrogens is 3. The van der Waals surface area contributed by atoms with Crippen LogP contribution in [0.2, 0.25) is 5.02 Å². The van der Waals surface area contributed by atoms with Crippen molar-refractivity contribution in [3.05, 3.63) is 69.5 Å². The molecule has 2 N–H and O–H groups in total. The molecule has 0 fully saturated rings. The molecule has 150 valence electrons. The molecule has 11 heteroatoms. The minimum absolute atomic E-state index is 0.0414. The van der Waals surface area contributed by atoms with Gasteiger partial charge >= 0.3 is 0 Å². The van der Waals surface area contributed by atoms with Gasteiger partial charge in [0.25, 0.3) is 5.69 Å². The minimum atomic E-state index is -0.537. The smallest absolute Gasteiger partial charge is 0.292 e. The molecule has 0 atom stereocenters. The van der Waals surface area contributed by atoms with Crippen molar-refractivity contribution in [2.75, 3.05) is 16.4 Å². The number of nitro groups is 1. The van der Waals surface area contributed by atoms with Gasteiger partial charge in [0, 0.05) is 23.8 Å². The second-order valence-corrected chi connectivity index (χ2v) is 7.31. The van der Waals surface area contributed by atoms with Gasteiger partial charge in [-0.25, -0.2) is 0 Å². The lowest BCUT2D eigenvalue weighted by Gasteiger charge is -2.07. The Morgan fingerprint density at radius 2 is 2.03 bits per heavy atom. The third kappa shape index (κ3) is 5.46. The Bertz CT molecular complexity index is 1040. The van der Waals surface area contributed by atoms with E-state index in [1.54, 1.807) is 35.9 Å². The molecular formula is C18H17ClN6O3S. The van der Waals surface area contributed by atoms with Crippen molar-refractivity contribution < 1.29 is 9.72 Å². The van der Waals surface area contributed by atoms with Crippen LogP contribution in [-0.2, 0) is 18.4 Å². The summed E-state index contributed by atoms with van der Waals surface area (Å²) in [4.78, 5) is 22.7. The Morgan fingerprint density at radius 1 is 1.24 bits per heavy atom. The average molecular weight is 433 g/mol. The number of anilines is 2. The van der Waals surface area contributed by atoms with Crippen LogP contribution in [0, 0.1) is 10.1 Å². The molecule has 0 spiro atoms. The maximum atomic E-state index is 12.2. The summed E-state index contributed by atoms with van der Waals surface area (Å²) in [6.45, 7) is 0.437. The summed E-state index contributed by atoms with van der Waals surface area (Å²) >= 11 is 7.16. The number of thioether (sulfide) groups is 1. The highest BCUT2D eigenvalue weighted by molar-refractivity contribution is 7.99. The topological polar surface area (TPSA) is 115 Å². The third-order valence-electron chi connectivity index (χ3n) is 3.91. The Balaban J connectivity index is 1.56. The van der Waals surface area contributed by atoms with E-state index in [4.69, 9.17) is 11.6 Å². The summed E-state index contributed by atoms with van der Waals surface area (Å²) in [5.41, 5.74) is 0.866. The fraction of sp³-hybridized carbons (Fsp3) is 0.167. The molecule has 0 saturated heterocycles. The van der Waals surface area contributed by atoms with Crippen molar-refractivity contribution in [1.82, 2.24) is 14.8 Å². The van der Waals surface area contributed by atoms with Crippen LogP contribution in [0.15, 0.2) is 53.7 Å². The molecule has 3 aromatic rings. The van der Waals surface area contributed by atoms with E-state index < -0.39 is 4.92 Å². The first-order valence-electron chi connectivity index (χ1n) is 8.48. The van der Waals surface area contributed by atoms with Gasteiger partial charge in [-0.1, -0.05) is 41.6 Å². The van der Waals surface area contributed by atoms with E-state index in [-0.39, 0.29) is 23.0 Å². The van der Waals surface area contributed by atoms with Gasteiger partial charge in [-0.3, -0.25) is 14.9 Å². The molecule has 0 unspecified atom stereocenters. The van der Waals surface area contributed by atoms with Crippen molar-refractivity contribution in [2.24, 2.45) is 7.05 Å². The zero-order chi connectivity index (χ0) is 20.8. The van der Waals surface area contributed by atoms with Gasteiger partial charge in [0.15, 0.2) is 11.0 Å². The summed E-state index contributed by atoms with van der Waals surface area (Å²) in [5, 5.41) is 26.2. The van der Waals surface area contributed by atoms with Crippen LogP contribution in [0.4, 0.5) is 17.1 Å². The van der Waals surface area contributed by atoms with Gasteiger partial charge < -0.3 is 15.2 Å². The molecule has 9 nitrogen and oxygen atoms in total. The second kappa shape index (κ2) is 9.39. The number of nitrogens with zero attached hydrogens (tertiary/aromatic N) is 4. The van der Waals surface area contributed by atoms with E-state index in [1.165, 1.54) is 23.9 Å². The first-order valence-corrected chi connectivity index (χ1v) is 9.84. The largest absolute Gasteiger partial charge is 0.378 e. The SMILES string of the molecule is Cn1c(CNc2cccc(Cl)c2)nnc1SCC(=O)Nc1ccccc1[N+](=O)[O-]. The molecule has 29 heavy (non-hydrogen) atoms. The van der Waals surface area contributed by atoms with E-state index in [0.717, 1.165) is 5.69 Å². The van der Waals surface area contributed by atoms with Crippen molar-refractivity contribution in [3.8, 4) is 0 Å². The Labute approximate surface area is 175 Å². The van der Waals surface area contributed by atoms with Crippen LogP contribution in [0.1, 0.15) is 5.82 Å². The molecule has 0 bridgehead atoms. The van der Waals surface area contributed by atoms with Crippen LogP contribution in [-0.4, -0.2) is 31.3 Å². The number of carbonyl (C=O) groups is 1. The van der Waals surface area contributed by atoms with Crippen molar-refractivity contribution in [3.63, 3.8) is 0 Å². The van der Waals surface area contributed by atoms with Crippen LogP contribution < -0.4 is 10.6 Å². The average Bonchev–Trinajstić information content (AvgIpc) is 3.05. The Morgan fingerprint density at radius 3 is 2.79 bits per heavy atom. The summed E-state index contributed by atoms with van der Waals surface area (Å²) in [7, 11) is 1.80. The van der Waals surface area contributed by atoms with E-state index in [9.17, 15) is 14.9 Å². The summed E-state index contributed by atoms with van der Waals surface area (Å²) < 4.78 is 1.78. The number of halogens is 1. The fourth-order valence-electron chi connectivity index (χ4n) is 2.46. The van der Waals surface area contributed by atoms with Gasteiger partial charge in [0.2, 0.25) is 5.91 Å². The van der Waals surface area contributed by atoms with Crippen molar-refractivity contribution >= 4 is 46.3 Å². The molecule has 1 heterocycles. The zero-order valence-corrected chi connectivity index (χ0v) is 16.9. The molecule has 1 aromatic heterocycles. The minimum Gasteiger partial charge on any atom is -0.378 e. The number of benzene rings is 2. The van der Waals surface area contributed by atoms with E-state index in [0.29, 0.717) is 22.5 Å². The van der Waals surface area contributed by atoms with E-state index >= 15 is 0 Å². The predicted molar refractivity (Wildman–Crippen MR) is 112 cm³/mol. The van der Waals surface area contributed by atoms with Crippen LogP contribution in [0.25, 0.3) is 0 Å². The number of nitrogens with one attached hydrogen (secondary N) is 2. The molecule has 0 radical (unpaired) electrons. The third-order valence-corrected chi connectivity index (χ3v) is 5.16. The number of hydrogen-bond acceptors (Lipinski definition) is 7. The van der Waals surface area contributed by atoms with Gasteiger partial charge in [-0.2, -0.15) is 0 Å². The highest BCUT2D eigenvalue weighted by Crippen LogP contribution is 2.24. The van der Waals surface area contributed by atoms with Gasteiger partial charge in [-0.05, 0) is 24.3 Å². The normalized spacial score (nSPS) is 10.6. The fourth-order valence-corrected chi connectivity index (χ4v) is 3.38. The lowest BCUT2D eigenvalue weighted by Crippen LogP contribution is -2.15. The van der Waals surface area contributed by atoms with E-state index in [2.05, 4.69) is 20.8 Å². The van der Waals surface area contributed by atoms with Crippen molar-refractivity contribution in [2.45, 2.75) is 11.7 Å². The summed E-state index contributed by atoms with van der Waals surface area (Å²) in [6.07, 6.45) is 0. The molecule has 2 aromatic carbocycles. The molecule has 0 aliphatic carbocycles. The predicted octanol–water partition coefficient (Wildman–Crippen LogP) is 3.72. The van der Waals surface area contributed by atoms with Gasteiger partial charge in [0.05, 0.1) is 17.2 Å².